The van der Waals surface area contributed by atoms with Crippen LogP contribution in [-0.4, -0.2) is 48.0 Å². The average molecular weight is 330 g/mol. The molecule has 2 N–H and O–H groups in total. The van der Waals surface area contributed by atoms with Crippen LogP contribution in [0.2, 0.25) is 0 Å². The predicted molar refractivity (Wildman–Crippen MR) is 90.3 cm³/mol. The summed E-state index contributed by atoms with van der Waals surface area (Å²) in [5.74, 6) is 0.0919. The Kier molecular flexibility index (Phi) is 5.61. The topological polar surface area (TPSA) is 113 Å². The Morgan fingerprint density at radius 2 is 1.96 bits per heavy atom. The Morgan fingerprint density at radius 3 is 2.58 bits per heavy atom. The second-order valence-corrected chi connectivity index (χ2v) is 5.11. The number of amides is 1. The van der Waals surface area contributed by atoms with Crippen LogP contribution in [0.15, 0.2) is 36.7 Å². The molecule has 0 bridgehead atoms. The van der Waals surface area contributed by atoms with Gasteiger partial charge in [-0.05, 0) is 12.1 Å². The summed E-state index contributed by atoms with van der Waals surface area (Å²) in [6.45, 7) is 0.759. The summed E-state index contributed by atoms with van der Waals surface area (Å²) in [5.41, 5.74) is 0.740. The number of aromatic nitrogens is 2. The quantitative estimate of drug-likeness (QED) is 0.447. The van der Waals surface area contributed by atoms with Crippen molar-refractivity contribution in [2.75, 3.05) is 37.4 Å². The van der Waals surface area contributed by atoms with Gasteiger partial charge < -0.3 is 15.5 Å². The molecule has 0 aliphatic rings. The van der Waals surface area contributed by atoms with Crippen molar-refractivity contribution in [1.29, 1.82) is 0 Å². The van der Waals surface area contributed by atoms with Crippen molar-refractivity contribution in [2.24, 2.45) is 0 Å². The van der Waals surface area contributed by atoms with Gasteiger partial charge in [-0.25, -0.2) is 9.97 Å². The van der Waals surface area contributed by atoms with E-state index in [1.165, 1.54) is 12.1 Å². The molecule has 1 heterocycles. The minimum absolute atomic E-state index is 0.124. The lowest BCUT2D eigenvalue weighted by Gasteiger charge is -2.17. The number of nitrogens with one attached hydrogen (secondary N) is 2. The van der Waals surface area contributed by atoms with Crippen LogP contribution < -0.4 is 15.5 Å². The molecule has 9 nitrogen and oxygen atoms in total. The number of nitro benzene ring substituents is 1. The second kappa shape index (κ2) is 7.86. The first-order valence-electron chi connectivity index (χ1n) is 7.24. The van der Waals surface area contributed by atoms with E-state index in [4.69, 9.17) is 0 Å². The van der Waals surface area contributed by atoms with Gasteiger partial charge >= 0.3 is 0 Å². The lowest BCUT2D eigenvalue weighted by molar-refractivity contribution is -0.384. The molecule has 0 fully saturated rings. The van der Waals surface area contributed by atoms with Crippen LogP contribution in [0.4, 0.5) is 17.3 Å². The first-order chi connectivity index (χ1) is 11.5. The number of nitro groups is 1. The minimum Gasteiger partial charge on any atom is -0.377 e. The summed E-state index contributed by atoms with van der Waals surface area (Å²) in [4.78, 5) is 32.5. The van der Waals surface area contributed by atoms with Crippen LogP contribution in [0.3, 0.4) is 0 Å². The van der Waals surface area contributed by atoms with Crippen molar-refractivity contribution in [3.05, 3.63) is 52.3 Å². The Hall–Kier alpha value is -3.23. The highest BCUT2D eigenvalue weighted by Gasteiger charge is 2.17. The van der Waals surface area contributed by atoms with Gasteiger partial charge in [0, 0.05) is 57.4 Å². The first kappa shape index (κ1) is 17.1. The molecule has 1 aromatic carbocycles. The summed E-state index contributed by atoms with van der Waals surface area (Å²) in [5, 5.41) is 16.6. The maximum Gasteiger partial charge on any atom is 0.270 e. The van der Waals surface area contributed by atoms with Crippen molar-refractivity contribution < 1.29 is 9.72 Å². The molecule has 1 aromatic heterocycles. The largest absolute Gasteiger partial charge is 0.377 e. The van der Waals surface area contributed by atoms with Gasteiger partial charge in [-0.3, -0.25) is 14.9 Å². The number of hydrogen-bond acceptors (Lipinski definition) is 7. The number of benzene rings is 1. The molecule has 0 aliphatic heterocycles. The van der Waals surface area contributed by atoms with Crippen molar-refractivity contribution in [2.45, 2.75) is 0 Å². The molecule has 0 unspecified atom stereocenters. The Morgan fingerprint density at radius 1 is 1.25 bits per heavy atom. The number of carbonyl (C=O) groups excluding carboxylic acids is 1. The molecule has 24 heavy (non-hydrogen) atoms. The van der Waals surface area contributed by atoms with Crippen LogP contribution in [0.25, 0.3) is 0 Å². The molecular weight excluding hydrogens is 312 g/mol. The highest BCUT2D eigenvalue weighted by Crippen LogP contribution is 2.24. The van der Waals surface area contributed by atoms with E-state index in [0.717, 1.165) is 0 Å². The van der Waals surface area contributed by atoms with Crippen molar-refractivity contribution in [1.82, 2.24) is 15.3 Å². The molecule has 0 aliphatic carbocycles. The van der Waals surface area contributed by atoms with Crippen LogP contribution in [0.5, 0.6) is 0 Å². The van der Waals surface area contributed by atoms with Crippen LogP contribution in [0.1, 0.15) is 10.4 Å². The Balaban J connectivity index is 2.00. The Bertz CT molecular complexity index is 720. The van der Waals surface area contributed by atoms with E-state index in [-0.39, 0.29) is 17.2 Å². The summed E-state index contributed by atoms with van der Waals surface area (Å²) in [6.07, 6.45) is 3.22. The fraction of sp³-hybridized carbons (Fsp3) is 0.267. The summed E-state index contributed by atoms with van der Waals surface area (Å²) >= 11 is 0. The standard InChI is InChI=1S/C15H18N6O3/c1-20(2)13-5-4-11(21(23)24)10-12(13)14(22)16-8-9-19-15-17-6-3-7-18-15/h3-7,10H,8-9H2,1-2H3,(H,16,22)(H,17,18,19). The summed E-state index contributed by atoms with van der Waals surface area (Å²) < 4.78 is 0. The van der Waals surface area contributed by atoms with Crippen LogP contribution in [-0.2, 0) is 0 Å². The fourth-order valence-corrected chi connectivity index (χ4v) is 2.05. The van der Waals surface area contributed by atoms with Gasteiger partial charge in [0.05, 0.1) is 10.5 Å². The third-order valence-electron chi connectivity index (χ3n) is 3.18. The van der Waals surface area contributed by atoms with Crippen LogP contribution >= 0.6 is 0 Å². The van der Waals surface area contributed by atoms with Gasteiger partial charge in [0.15, 0.2) is 0 Å². The maximum atomic E-state index is 12.3. The third-order valence-corrected chi connectivity index (χ3v) is 3.18. The highest BCUT2D eigenvalue weighted by atomic mass is 16.6. The van der Waals surface area contributed by atoms with Gasteiger partial charge in [-0.15, -0.1) is 0 Å². The number of hydrogen-bond donors (Lipinski definition) is 2. The maximum absolute atomic E-state index is 12.3. The van der Waals surface area contributed by atoms with Gasteiger partial charge in [-0.1, -0.05) is 0 Å². The first-order valence-corrected chi connectivity index (χ1v) is 7.24. The van der Waals surface area contributed by atoms with E-state index in [1.54, 1.807) is 43.5 Å². The molecule has 9 heteroatoms. The average Bonchev–Trinajstić information content (AvgIpc) is 2.58. The molecule has 1 amide bonds. The number of non-ortho nitro benzene ring substituents is 1. The fourth-order valence-electron chi connectivity index (χ4n) is 2.05. The molecule has 126 valence electrons. The van der Waals surface area contributed by atoms with E-state index in [1.807, 2.05) is 0 Å². The van der Waals surface area contributed by atoms with Gasteiger partial charge in [0.25, 0.3) is 11.6 Å². The lowest BCUT2D eigenvalue weighted by Crippen LogP contribution is -2.30. The normalized spacial score (nSPS) is 10.1. The van der Waals surface area contributed by atoms with Crippen molar-refractivity contribution in [3.63, 3.8) is 0 Å². The van der Waals surface area contributed by atoms with E-state index in [2.05, 4.69) is 20.6 Å². The smallest absolute Gasteiger partial charge is 0.270 e. The van der Waals surface area contributed by atoms with Gasteiger partial charge in [-0.2, -0.15) is 0 Å². The number of rotatable bonds is 7. The lowest BCUT2D eigenvalue weighted by atomic mass is 10.1. The minimum atomic E-state index is -0.523. The summed E-state index contributed by atoms with van der Waals surface area (Å²) in [6, 6.07) is 5.92. The number of nitrogens with zero attached hydrogens (tertiary/aromatic N) is 4. The van der Waals surface area contributed by atoms with E-state index in [0.29, 0.717) is 24.7 Å². The highest BCUT2D eigenvalue weighted by molar-refractivity contribution is 6.00. The zero-order valence-corrected chi connectivity index (χ0v) is 13.4. The second-order valence-electron chi connectivity index (χ2n) is 5.11. The zero-order chi connectivity index (χ0) is 17.5. The molecular formula is C15H18N6O3. The molecule has 2 aromatic rings. The predicted octanol–water partition coefficient (Wildman–Crippen LogP) is 1.29. The van der Waals surface area contributed by atoms with Crippen LogP contribution in [0, 0.1) is 10.1 Å². The number of anilines is 2. The van der Waals surface area contributed by atoms with Crippen molar-refractivity contribution >= 4 is 23.2 Å². The number of carbonyl (C=O) groups is 1. The molecule has 2 rings (SSSR count). The van der Waals surface area contributed by atoms with Gasteiger partial charge in [0.1, 0.15) is 0 Å². The monoisotopic (exact) mass is 330 g/mol. The SMILES string of the molecule is CN(C)c1ccc([N+](=O)[O-])cc1C(=O)NCCNc1ncccn1. The molecule has 0 spiro atoms. The summed E-state index contributed by atoms with van der Waals surface area (Å²) in [7, 11) is 3.54. The van der Waals surface area contributed by atoms with Gasteiger partial charge in [0.2, 0.25) is 5.95 Å². The van der Waals surface area contributed by atoms with Crippen molar-refractivity contribution in [3.8, 4) is 0 Å². The Labute approximate surface area is 138 Å². The molecule has 0 radical (unpaired) electrons. The van der Waals surface area contributed by atoms with E-state index < -0.39 is 4.92 Å². The molecule has 0 atom stereocenters. The van der Waals surface area contributed by atoms with E-state index in [9.17, 15) is 14.9 Å². The van der Waals surface area contributed by atoms with E-state index >= 15 is 0 Å². The molecule has 0 saturated carbocycles. The third kappa shape index (κ3) is 4.38. The molecule has 0 saturated heterocycles. The zero-order valence-electron chi connectivity index (χ0n) is 13.4.